The van der Waals surface area contributed by atoms with Gasteiger partial charge in [-0.2, -0.15) is 0 Å². The summed E-state index contributed by atoms with van der Waals surface area (Å²) < 4.78 is 5.32. The first-order valence-electron chi connectivity index (χ1n) is 6.88. The Hall–Kier alpha value is -2.99. The number of hydrogen-bond donors (Lipinski definition) is 1. The molecule has 23 heavy (non-hydrogen) atoms. The molecule has 0 saturated carbocycles. The van der Waals surface area contributed by atoms with Crippen molar-refractivity contribution < 1.29 is 14.0 Å². The Morgan fingerprint density at radius 3 is 2.65 bits per heavy atom. The highest BCUT2D eigenvalue weighted by Crippen LogP contribution is 2.29. The van der Waals surface area contributed by atoms with Gasteiger partial charge in [-0.1, -0.05) is 18.2 Å². The molecule has 3 heterocycles. The molecule has 1 aliphatic rings. The van der Waals surface area contributed by atoms with Crippen LogP contribution >= 0.6 is 11.3 Å². The minimum atomic E-state index is -0.416. The summed E-state index contributed by atoms with van der Waals surface area (Å²) in [5, 5.41) is 4.93. The number of nitrogens with one attached hydrogen (secondary N) is 1. The molecular formula is C17H10N2O3S. The number of amides is 2. The fourth-order valence-electron chi connectivity index (χ4n) is 2.43. The third kappa shape index (κ3) is 2.39. The number of nitrogens with zero attached hydrogens (tertiary/aromatic N) is 1. The van der Waals surface area contributed by atoms with Crippen LogP contribution in [0.3, 0.4) is 0 Å². The molecule has 0 radical (unpaired) electrons. The third-order valence-electron chi connectivity index (χ3n) is 3.48. The smallest absolute Gasteiger partial charge is 0.258 e. The molecule has 4 rings (SSSR count). The molecule has 3 aromatic rings. The molecule has 5 nitrogen and oxygen atoms in total. The highest BCUT2D eigenvalue weighted by Gasteiger charge is 2.26. The Morgan fingerprint density at radius 2 is 1.87 bits per heavy atom. The third-order valence-corrected chi connectivity index (χ3v) is 4.35. The summed E-state index contributed by atoms with van der Waals surface area (Å²) in [4.78, 5) is 28.5. The molecular weight excluding hydrogens is 312 g/mol. The first-order valence-corrected chi connectivity index (χ1v) is 7.76. The largest absolute Gasteiger partial charge is 0.462 e. The Labute approximate surface area is 135 Å². The van der Waals surface area contributed by atoms with Crippen molar-refractivity contribution in [1.29, 1.82) is 0 Å². The number of thiazole rings is 1. The van der Waals surface area contributed by atoms with Crippen molar-refractivity contribution in [2.75, 3.05) is 0 Å². The zero-order chi connectivity index (χ0) is 15.8. The van der Waals surface area contributed by atoms with E-state index in [2.05, 4.69) is 10.3 Å². The fourth-order valence-corrected chi connectivity index (χ4v) is 3.18. The molecule has 6 heteroatoms. The first-order chi connectivity index (χ1) is 11.2. The van der Waals surface area contributed by atoms with Crippen molar-refractivity contribution >= 4 is 34.8 Å². The number of hydrogen-bond acceptors (Lipinski definition) is 5. The zero-order valence-corrected chi connectivity index (χ0v) is 12.6. The van der Waals surface area contributed by atoms with Gasteiger partial charge in [0.1, 0.15) is 0 Å². The van der Waals surface area contributed by atoms with Crippen LogP contribution in [0.1, 0.15) is 21.6 Å². The topological polar surface area (TPSA) is 72.2 Å². The molecule has 0 spiro atoms. The van der Waals surface area contributed by atoms with Crippen LogP contribution in [-0.4, -0.2) is 16.8 Å². The lowest BCUT2D eigenvalue weighted by atomic mass is 9.94. The van der Waals surface area contributed by atoms with Gasteiger partial charge in [-0.05, 0) is 24.3 Å². The first kappa shape index (κ1) is 13.7. The van der Waals surface area contributed by atoms with Gasteiger partial charge < -0.3 is 4.42 Å². The van der Waals surface area contributed by atoms with Crippen LogP contribution in [0, 0.1) is 0 Å². The molecule has 2 aromatic heterocycles. The summed E-state index contributed by atoms with van der Waals surface area (Å²) in [5.41, 5.74) is 2.18. The summed E-state index contributed by atoms with van der Waals surface area (Å²) in [6, 6.07) is 10.7. The fraction of sp³-hybridized carbons (Fsp3) is 0. The van der Waals surface area contributed by atoms with Crippen molar-refractivity contribution in [2.45, 2.75) is 0 Å². The van der Waals surface area contributed by atoms with Crippen LogP contribution in [0.2, 0.25) is 0 Å². The average Bonchev–Trinajstić information content (AvgIpc) is 3.22. The maximum atomic E-state index is 12.2. The van der Waals surface area contributed by atoms with Gasteiger partial charge in [0.15, 0.2) is 10.8 Å². The number of fused-ring (bicyclic) bond motifs is 1. The van der Waals surface area contributed by atoms with Gasteiger partial charge in [0.05, 0.1) is 12.0 Å². The predicted octanol–water partition coefficient (Wildman–Crippen LogP) is 3.21. The van der Waals surface area contributed by atoms with Crippen LogP contribution in [0.5, 0.6) is 0 Å². The standard InChI is InChI=1S/C17H10N2O3S/c20-15-12-5-2-1-4-11(12)13(16(21)19-15)8-10-9-23-17(18-10)14-6-3-7-22-14/h1-9H,(H,19,20,21). The van der Waals surface area contributed by atoms with Crippen LogP contribution in [-0.2, 0) is 4.79 Å². The average molecular weight is 322 g/mol. The minimum absolute atomic E-state index is 0.377. The summed E-state index contributed by atoms with van der Waals surface area (Å²) in [6.07, 6.45) is 3.27. The molecule has 0 bridgehead atoms. The lowest BCUT2D eigenvalue weighted by Gasteiger charge is -2.17. The number of furan rings is 1. The Kier molecular flexibility index (Phi) is 3.17. The summed E-state index contributed by atoms with van der Waals surface area (Å²) in [5.74, 6) is -0.109. The highest BCUT2D eigenvalue weighted by atomic mass is 32.1. The number of rotatable bonds is 2. The Balaban J connectivity index is 1.78. The maximum absolute atomic E-state index is 12.2. The van der Waals surface area contributed by atoms with Gasteiger partial charge in [-0.3, -0.25) is 14.9 Å². The molecule has 1 N–H and O–H groups in total. The molecule has 1 aliphatic heterocycles. The van der Waals surface area contributed by atoms with Crippen molar-refractivity contribution in [2.24, 2.45) is 0 Å². The van der Waals surface area contributed by atoms with E-state index < -0.39 is 5.91 Å². The van der Waals surface area contributed by atoms with Crippen LogP contribution in [0.25, 0.3) is 22.4 Å². The van der Waals surface area contributed by atoms with E-state index in [1.807, 2.05) is 11.4 Å². The van der Waals surface area contributed by atoms with Gasteiger partial charge in [-0.15, -0.1) is 11.3 Å². The number of carbonyl (C=O) groups excluding carboxylic acids is 2. The second kappa shape index (κ2) is 5.33. The van der Waals surface area contributed by atoms with E-state index in [0.29, 0.717) is 28.2 Å². The van der Waals surface area contributed by atoms with E-state index in [-0.39, 0.29) is 5.91 Å². The van der Waals surface area contributed by atoms with E-state index in [1.165, 1.54) is 11.3 Å². The molecule has 0 atom stereocenters. The lowest BCUT2D eigenvalue weighted by Crippen LogP contribution is -2.36. The quantitative estimate of drug-likeness (QED) is 0.581. The van der Waals surface area contributed by atoms with Crippen LogP contribution < -0.4 is 5.32 Å². The summed E-state index contributed by atoms with van der Waals surface area (Å²) >= 11 is 1.43. The van der Waals surface area contributed by atoms with Crippen molar-refractivity contribution in [3.8, 4) is 10.8 Å². The second-order valence-electron chi connectivity index (χ2n) is 4.94. The zero-order valence-electron chi connectivity index (χ0n) is 11.8. The summed E-state index contributed by atoms with van der Waals surface area (Å²) in [7, 11) is 0. The van der Waals surface area contributed by atoms with E-state index >= 15 is 0 Å². The van der Waals surface area contributed by atoms with Gasteiger partial charge in [0.25, 0.3) is 11.8 Å². The number of benzene rings is 1. The van der Waals surface area contributed by atoms with Crippen molar-refractivity contribution in [3.05, 3.63) is 64.9 Å². The minimum Gasteiger partial charge on any atom is -0.462 e. The van der Waals surface area contributed by atoms with E-state index in [9.17, 15) is 9.59 Å². The van der Waals surface area contributed by atoms with Crippen LogP contribution in [0.15, 0.2) is 52.5 Å². The molecule has 0 unspecified atom stereocenters. The lowest BCUT2D eigenvalue weighted by molar-refractivity contribution is -0.114. The molecule has 0 fully saturated rings. The van der Waals surface area contributed by atoms with E-state index in [0.717, 1.165) is 5.01 Å². The van der Waals surface area contributed by atoms with E-state index in [4.69, 9.17) is 4.42 Å². The SMILES string of the molecule is O=C1NC(=O)c2ccccc2C1=Cc1csc(-c2ccco2)n1. The van der Waals surface area contributed by atoms with Gasteiger partial charge in [0, 0.05) is 22.1 Å². The number of imide groups is 1. The van der Waals surface area contributed by atoms with Crippen LogP contribution in [0.4, 0.5) is 0 Å². The monoisotopic (exact) mass is 322 g/mol. The van der Waals surface area contributed by atoms with Gasteiger partial charge in [-0.25, -0.2) is 4.98 Å². The number of carbonyl (C=O) groups is 2. The number of aromatic nitrogens is 1. The second-order valence-corrected chi connectivity index (χ2v) is 5.80. The molecule has 1 aromatic carbocycles. The molecule has 0 saturated heterocycles. The summed E-state index contributed by atoms with van der Waals surface area (Å²) in [6.45, 7) is 0. The van der Waals surface area contributed by atoms with Gasteiger partial charge in [0.2, 0.25) is 0 Å². The molecule has 0 aliphatic carbocycles. The Bertz CT molecular complexity index is 938. The maximum Gasteiger partial charge on any atom is 0.258 e. The van der Waals surface area contributed by atoms with Crippen molar-refractivity contribution in [1.82, 2.24) is 10.3 Å². The highest BCUT2D eigenvalue weighted by molar-refractivity contribution is 7.13. The van der Waals surface area contributed by atoms with Gasteiger partial charge >= 0.3 is 0 Å². The van der Waals surface area contributed by atoms with E-state index in [1.54, 1.807) is 42.7 Å². The Morgan fingerprint density at radius 1 is 1.04 bits per heavy atom. The molecule has 2 amide bonds. The normalized spacial score (nSPS) is 15.6. The molecule has 112 valence electrons. The van der Waals surface area contributed by atoms with Crippen molar-refractivity contribution in [3.63, 3.8) is 0 Å². The predicted molar refractivity (Wildman–Crippen MR) is 86.6 cm³/mol.